The average Bonchev–Trinajstić information content (AvgIpc) is 3.18. The summed E-state index contributed by atoms with van der Waals surface area (Å²) in [7, 11) is -3.87. The quantitative estimate of drug-likeness (QED) is 0.892. The molecule has 2 heterocycles. The lowest BCUT2D eigenvalue weighted by molar-refractivity contribution is 0.0692. The Bertz CT molecular complexity index is 809. The number of aromatic nitrogens is 2. The summed E-state index contributed by atoms with van der Waals surface area (Å²) in [5, 5.41) is 13.0. The van der Waals surface area contributed by atoms with Crippen LogP contribution < -0.4 is 0 Å². The number of carbonyl (C=O) groups is 1. The second-order valence-electron chi connectivity index (χ2n) is 5.45. The summed E-state index contributed by atoms with van der Waals surface area (Å²) >= 11 is 0. The van der Waals surface area contributed by atoms with Crippen molar-refractivity contribution in [3.63, 3.8) is 0 Å². The fourth-order valence-electron chi connectivity index (χ4n) is 2.64. The zero-order valence-electron chi connectivity index (χ0n) is 12.4. The topological polar surface area (TPSA) is 92.5 Å². The van der Waals surface area contributed by atoms with Crippen molar-refractivity contribution in [3.8, 4) is 0 Å². The van der Waals surface area contributed by atoms with Gasteiger partial charge in [0.05, 0.1) is 6.54 Å². The van der Waals surface area contributed by atoms with E-state index in [-0.39, 0.29) is 10.6 Å². The maximum absolute atomic E-state index is 12.6. The third kappa shape index (κ3) is 3.13. The van der Waals surface area contributed by atoms with E-state index in [1.54, 1.807) is 0 Å². The fourth-order valence-corrected chi connectivity index (χ4v) is 4.25. The molecule has 0 amide bonds. The summed E-state index contributed by atoms with van der Waals surface area (Å²) in [5.41, 5.74) is 0.630. The Hall–Kier alpha value is -2.19. The minimum absolute atomic E-state index is 0.284. The van der Waals surface area contributed by atoms with Crippen molar-refractivity contribution >= 4 is 16.0 Å². The third-order valence-corrected chi connectivity index (χ3v) is 5.63. The van der Waals surface area contributed by atoms with Crippen LogP contribution in [0.2, 0.25) is 0 Å². The number of benzene rings is 1. The SMILES string of the molecule is O=C(O)c1cn(Cc2ccccc2)nc1S(=O)(=O)N1CCCC1. The number of nitrogens with zero attached hydrogens (tertiary/aromatic N) is 3. The second kappa shape index (κ2) is 6.13. The van der Waals surface area contributed by atoms with Crippen molar-refractivity contribution in [1.82, 2.24) is 14.1 Å². The van der Waals surface area contributed by atoms with Gasteiger partial charge in [0.25, 0.3) is 10.0 Å². The van der Waals surface area contributed by atoms with Gasteiger partial charge in [0.2, 0.25) is 5.03 Å². The van der Waals surface area contributed by atoms with Crippen LogP contribution in [0.15, 0.2) is 41.6 Å². The maximum atomic E-state index is 12.6. The van der Waals surface area contributed by atoms with Crippen LogP contribution >= 0.6 is 0 Å². The average molecular weight is 335 g/mol. The summed E-state index contributed by atoms with van der Waals surface area (Å²) < 4.78 is 27.9. The summed E-state index contributed by atoms with van der Waals surface area (Å²) in [6.45, 7) is 1.14. The van der Waals surface area contributed by atoms with Crippen LogP contribution in [0.4, 0.5) is 0 Å². The van der Waals surface area contributed by atoms with Gasteiger partial charge in [-0.1, -0.05) is 30.3 Å². The molecule has 0 unspecified atom stereocenters. The Balaban J connectivity index is 1.98. The Morgan fingerprint density at radius 2 is 1.83 bits per heavy atom. The van der Waals surface area contributed by atoms with Crippen LogP contribution in [0.25, 0.3) is 0 Å². The molecule has 0 spiro atoms. The minimum atomic E-state index is -3.87. The number of rotatable bonds is 5. The normalized spacial score (nSPS) is 15.8. The highest BCUT2D eigenvalue weighted by Crippen LogP contribution is 2.23. The summed E-state index contributed by atoms with van der Waals surface area (Å²) in [4.78, 5) is 11.4. The molecule has 1 aromatic carbocycles. The van der Waals surface area contributed by atoms with E-state index in [4.69, 9.17) is 0 Å². The number of hydrogen-bond acceptors (Lipinski definition) is 4. The zero-order valence-corrected chi connectivity index (χ0v) is 13.2. The minimum Gasteiger partial charge on any atom is -0.478 e. The van der Waals surface area contributed by atoms with Crippen molar-refractivity contribution in [2.24, 2.45) is 0 Å². The molecule has 1 aliphatic heterocycles. The number of carboxylic acid groups (broad SMARTS) is 1. The van der Waals surface area contributed by atoms with E-state index in [0.717, 1.165) is 18.4 Å². The Morgan fingerprint density at radius 3 is 2.43 bits per heavy atom. The lowest BCUT2D eigenvalue weighted by Crippen LogP contribution is -2.29. The molecule has 1 N–H and O–H groups in total. The first-order valence-corrected chi connectivity index (χ1v) is 8.77. The molecule has 1 saturated heterocycles. The Kier molecular flexibility index (Phi) is 4.18. The van der Waals surface area contributed by atoms with E-state index < -0.39 is 16.0 Å². The monoisotopic (exact) mass is 335 g/mol. The van der Waals surface area contributed by atoms with Gasteiger partial charge in [0.15, 0.2) is 0 Å². The number of carboxylic acids is 1. The highest BCUT2D eigenvalue weighted by molar-refractivity contribution is 7.89. The molecule has 23 heavy (non-hydrogen) atoms. The Labute approximate surface area is 134 Å². The van der Waals surface area contributed by atoms with E-state index in [1.807, 2.05) is 30.3 Å². The predicted octanol–water partition coefficient (Wildman–Crippen LogP) is 1.41. The molecule has 7 nitrogen and oxygen atoms in total. The van der Waals surface area contributed by atoms with Gasteiger partial charge in [-0.15, -0.1) is 0 Å². The zero-order chi connectivity index (χ0) is 16.4. The van der Waals surface area contributed by atoms with Crippen LogP contribution in [0.3, 0.4) is 0 Å². The number of hydrogen-bond donors (Lipinski definition) is 1. The van der Waals surface area contributed by atoms with Crippen molar-refractivity contribution in [2.75, 3.05) is 13.1 Å². The first-order valence-electron chi connectivity index (χ1n) is 7.33. The summed E-state index contributed by atoms with van der Waals surface area (Å²) in [6, 6.07) is 9.34. The molecule has 0 aliphatic carbocycles. The maximum Gasteiger partial charge on any atom is 0.340 e. The van der Waals surface area contributed by atoms with E-state index >= 15 is 0 Å². The lowest BCUT2D eigenvalue weighted by atomic mass is 10.2. The van der Waals surface area contributed by atoms with Gasteiger partial charge in [0.1, 0.15) is 5.56 Å². The smallest absolute Gasteiger partial charge is 0.340 e. The van der Waals surface area contributed by atoms with Gasteiger partial charge in [-0.05, 0) is 18.4 Å². The molecule has 2 aromatic rings. The van der Waals surface area contributed by atoms with E-state index in [2.05, 4.69) is 5.10 Å². The van der Waals surface area contributed by atoms with Gasteiger partial charge in [-0.25, -0.2) is 13.2 Å². The standard InChI is InChI=1S/C15H17N3O4S/c19-15(20)13-11-17(10-12-6-2-1-3-7-12)16-14(13)23(21,22)18-8-4-5-9-18/h1-3,6-7,11H,4-5,8-10H2,(H,19,20). The van der Waals surface area contributed by atoms with Gasteiger partial charge >= 0.3 is 5.97 Å². The van der Waals surface area contributed by atoms with E-state index in [0.29, 0.717) is 19.6 Å². The van der Waals surface area contributed by atoms with Crippen LogP contribution in [0.5, 0.6) is 0 Å². The fraction of sp³-hybridized carbons (Fsp3) is 0.333. The molecule has 0 saturated carbocycles. The van der Waals surface area contributed by atoms with Crippen molar-refractivity contribution in [1.29, 1.82) is 0 Å². The predicted molar refractivity (Wildman–Crippen MR) is 82.7 cm³/mol. The molecular formula is C15H17N3O4S. The lowest BCUT2D eigenvalue weighted by Gasteiger charge is -2.13. The Morgan fingerprint density at radius 1 is 1.17 bits per heavy atom. The van der Waals surface area contributed by atoms with Crippen molar-refractivity contribution in [3.05, 3.63) is 47.7 Å². The first-order chi connectivity index (χ1) is 11.0. The summed E-state index contributed by atoms with van der Waals surface area (Å²) in [6.07, 6.45) is 2.84. The van der Waals surface area contributed by atoms with Gasteiger partial charge in [0, 0.05) is 19.3 Å². The van der Waals surface area contributed by atoms with Crippen molar-refractivity contribution in [2.45, 2.75) is 24.4 Å². The van der Waals surface area contributed by atoms with Crippen LogP contribution in [-0.2, 0) is 16.6 Å². The van der Waals surface area contributed by atoms with Crippen LogP contribution in [-0.4, -0.2) is 46.7 Å². The summed E-state index contributed by atoms with van der Waals surface area (Å²) in [5.74, 6) is -1.29. The highest BCUT2D eigenvalue weighted by Gasteiger charge is 2.34. The van der Waals surface area contributed by atoms with Crippen LogP contribution in [0, 0.1) is 0 Å². The molecule has 0 bridgehead atoms. The van der Waals surface area contributed by atoms with Gasteiger partial charge in [-0.3, -0.25) is 4.68 Å². The van der Waals surface area contributed by atoms with Gasteiger partial charge in [-0.2, -0.15) is 9.40 Å². The molecule has 0 radical (unpaired) electrons. The molecule has 3 rings (SSSR count). The van der Waals surface area contributed by atoms with E-state index in [9.17, 15) is 18.3 Å². The van der Waals surface area contributed by atoms with Crippen LogP contribution in [0.1, 0.15) is 28.8 Å². The highest BCUT2D eigenvalue weighted by atomic mass is 32.2. The number of aromatic carboxylic acids is 1. The molecule has 1 aromatic heterocycles. The first kappa shape index (κ1) is 15.7. The van der Waals surface area contributed by atoms with E-state index in [1.165, 1.54) is 15.2 Å². The molecule has 122 valence electrons. The molecular weight excluding hydrogens is 318 g/mol. The number of sulfonamides is 1. The second-order valence-corrected chi connectivity index (χ2v) is 7.30. The largest absolute Gasteiger partial charge is 0.478 e. The third-order valence-electron chi connectivity index (χ3n) is 3.79. The molecule has 0 atom stereocenters. The molecule has 1 fully saturated rings. The van der Waals surface area contributed by atoms with Crippen molar-refractivity contribution < 1.29 is 18.3 Å². The molecule has 1 aliphatic rings. The van der Waals surface area contributed by atoms with Gasteiger partial charge < -0.3 is 5.11 Å². The molecule has 8 heteroatoms.